The number of hydrogen-bond acceptors (Lipinski definition) is 7. The molecule has 2 aromatic rings. The van der Waals surface area contributed by atoms with E-state index in [1.54, 1.807) is 32.9 Å². The molecule has 9 nitrogen and oxygen atoms in total. The van der Waals surface area contributed by atoms with Crippen LogP contribution in [0.2, 0.25) is 5.02 Å². The molecule has 0 aliphatic rings. The third-order valence-corrected chi connectivity index (χ3v) is 4.12. The molecule has 0 aliphatic carbocycles. The van der Waals surface area contributed by atoms with Gasteiger partial charge in [-0.05, 0) is 39.0 Å². The van der Waals surface area contributed by atoms with Crippen molar-refractivity contribution in [3.63, 3.8) is 0 Å². The molecular formula is C22H25ClN2O7. The molecule has 0 heterocycles. The quantitative estimate of drug-likeness (QED) is 0.580. The van der Waals surface area contributed by atoms with Crippen LogP contribution in [0.3, 0.4) is 0 Å². The summed E-state index contributed by atoms with van der Waals surface area (Å²) >= 11 is 6.04. The van der Waals surface area contributed by atoms with E-state index < -0.39 is 30.2 Å². The molecule has 0 radical (unpaired) electrons. The SMILES string of the molecule is COc1cc(NC(=O)COC(=O)c2cccc(NC(=O)OC(C)(C)C)c2)c(OC)cc1Cl. The summed E-state index contributed by atoms with van der Waals surface area (Å²) in [6.07, 6.45) is -0.658. The van der Waals surface area contributed by atoms with Crippen molar-refractivity contribution in [1.29, 1.82) is 0 Å². The molecule has 172 valence electrons. The van der Waals surface area contributed by atoms with Gasteiger partial charge in [-0.2, -0.15) is 0 Å². The largest absolute Gasteiger partial charge is 0.495 e. The second-order valence-corrected chi connectivity index (χ2v) is 7.93. The number of anilines is 2. The number of ether oxygens (including phenoxy) is 4. The first-order chi connectivity index (χ1) is 15.0. The molecule has 2 N–H and O–H groups in total. The van der Waals surface area contributed by atoms with Crippen molar-refractivity contribution >= 4 is 40.9 Å². The minimum absolute atomic E-state index is 0.150. The van der Waals surface area contributed by atoms with E-state index in [1.807, 2.05) is 0 Å². The van der Waals surface area contributed by atoms with E-state index >= 15 is 0 Å². The molecule has 2 rings (SSSR count). The highest BCUT2D eigenvalue weighted by molar-refractivity contribution is 6.32. The van der Waals surface area contributed by atoms with Crippen LogP contribution >= 0.6 is 11.6 Å². The first-order valence-electron chi connectivity index (χ1n) is 9.51. The Bertz CT molecular complexity index is 1000. The number of benzene rings is 2. The number of halogens is 1. The summed E-state index contributed by atoms with van der Waals surface area (Å²) in [5.74, 6) is -0.678. The van der Waals surface area contributed by atoms with Gasteiger partial charge in [0.05, 0.1) is 30.5 Å². The minimum Gasteiger partial charge on any atom is -0.495 e. The molecule has 0 fully saturated rings. The van der Waals surface area contributed by atoms with Crippen LogP contribution in [0.5, 0.6) is 11.5 Å². The van der Waals surface area contributed by atoms with Crippen LogP contribution < -0.4 is 20.1 Å². The maximum Gasteiger partial charge on any atom is 0.412 e. The van der Waals surface area contributed by atoms with Gasteiger partial charge in [0, 0.05) is 17.8 Å². The van der Waals surface area contributed by atoms with E-state index in [9.17, 15) is 14.4 Å². The molecule has 0 unspecified atom stereocenters. The van der Waals surface area contributed by atoms with Gasteiger partial charge in [-0.15, -0.1) is 0 Å². The zero-order chi connectivity index (χ0) is 23.9. The molecule has 0 saturated heterocycles. The second-order valence-electron chi connectivity index (χ2n) is 7.52. The molecule has 0 aliphatic heterocycles. The Hall–Kier alpha value is -3.46. The summed E-state index contributed by atoms with van der Waals surface area (Å²) in [4.78, 5) is 36.5. The first kappa shape index (κ1) is 24.8. The summed E-state index contributed by atoms with van der Waals surface area (Å²) in [7, 11) is 2.86. The molecule has 10 heteroatoms. The fourth-order valence-corrected chi connectivity index (χ4v) is 2.74. The average molecular weight is 465 g/mol. The third-order valence-electron chi connectivity index (χ3n) is 3.83. The lowest BCUT2D eigenvalue weighted by molar-refractivity contribution is -0.119. The lowest BCUT2D eigenvalue weighted by Gasteiger charge is -2.19. The highest BCUT2D eigenvalue weighted by Crippen LogP contribution is 2.35. The van der Waals surface area contributed by atoms with Crippen LogP contribution in [0, 0.1) is 0 Å². The van der Waals surface area contributed by atoms with Gasteiger partial charge in [-0.1, -0.05) is 17.7 Å². The molecule has 0 saturated carbocycles. The van der Waals surface area contributed by atoms with Crippen molar-refractivity contribution in [2.45, 2.75) is 26.4 Å². The number of nitrogens with one attached hydrogen (secondary N) is 2. The zero-order valence-corrected chi connectivity index (χ0v) is 19.2. The van der Waals surface area contributed by atoms with Crippen molar-refractivity contribution in [2.24, 2.45) is 0 Å². The normalized spacial score (nSPS) is 10.7. The van der Waals surface area contributed by atoms with Crippen LogP contribution in [0.15, 0.2) is 36.4 Å². The Morgan fingerprint density at radius 2 is 1.66 bits per heavy atom. The Kier molecular flexibility index (Phi) is 8.31. The van der Waals surface area contributed by atoms with Crippen molar-refractivity contribution in [3.05, 3.63) is 47.0 Å². The number of rotatable bonds is 7. The predicted molar refractivity (Wildman–Crippen MR) is 120 cm³/mol. The van der Waals surface area contributed by atoms with Crippen LogP contribution in [0.1, 0.15) is 31.1 Å². The average Bonchev–Trinajstić information content (AvgIpc) is 2.71. The first-order valence-corrected chi connectivity index (χ1v) is 9.88. The van der Waals surface area contributed by atoms with Gasteiger partial charge >= 0.3 is 12.1 Å². The molecule has 32 heavy (non-hydrogen) atoms. The molecule has 0 spiro atoms. The highest BCUT2D eigenvalue weighted by atomic mass is 35.5. The summed E-state index contributed by atoms with van der Waals surface area (Å²) in [6.45, 7) is 4.67. The summed E-state index contributed by atoms with van der Waals surface area (Å²) < 4.78 is 20.6. The fourth-order valence-electron chi connectivity index (χ4n) is 2.50. The topological polar surface area (TPSA) is 112 Å². The van der Waals surface area contributed by atoms with Crippen LogP contribution in [-0.4, -0.2) is 44.4 Å². The maximum absolute atomic E-state index is 12.3. The van der Waals surface area contributed by atoms with Gasteiger partial charge in [0.1, 0.15) is 17.1 Å². The molecule has 2 amide bonds. The van der Waals surface area contributed by atoms with Crippen LogP contribution in [-0.2, 0) is 14.3 Å². The number of methoxy groups -OCH3 is 2. The second kappa shape index (κ2) is 10.7. The van der Waals surface area contributed by atoms with E-state index in [4.69, 9.17) is 30.5 Å². The van der Waals surface area contributed by atoms with Gasteiger partial charge in [0.15, 0.2) is 6.61 Å². The van der Waals surface area contributed by atoms with Crippen molar-refractivity contribution < 1.29 is 33.3 Å². The van der Waals surface area contributed by atoms with E-state index in [-0.39, 0.29) is 5.56 Å². The van der Waals surface area contributed by atoms with E-state index in [0.717, 1.165) is 0 Å². The number of esters is 1. The van der Waals surface area contributed by atoms with Crippen LogP contribution in [0.4, 0.5) is 16.2 Å². The van der Waals surface area contributed by atoms with Crippen molar-refractivity contribution in [2.75, 3.05) is 31.5 Å². The fraction of sp³-hybridized carbons (Fsp3) is 0.318. The lowest BCUT2D eigenvalue weighted by Crippen LogP contribution is -2.27. The van der Waals surface area contributed by atoms with Gasteiger partial charge in [-0.3, -0.25) is 10.1 Å². The van der Waals surface area contributed by atoms with Gasteiger partial charge in [0.25, 0.3) is 5.91 Å². The summed E-state index contributed by atoms with van der Waals surface area (Å²) in [5.41, 5.74) is 0.136. The number of carbonyl (C=O) groups is 3. The maximum atomic E-state index is 12.3. The zero-order valence-electron chi connectivity index (χ0n) is 18.4. The number of amides is 2. The van der Waals surface area contributed by atoms with Gasteiger partial charge in [-0.25, -0.2) is 9.59 Å². The standard InChI is InChI=1S/C22H25ClN2O7/c1-22(2,3)32-21(28)24-14-8-6-7-13(9-14)20(27)31-12-19(26)25-16-11-17(29-4)15(23)10-18(16)30-5/h6-11H,12H2,1-5H3,(H,24,28)(H,25,26). The van der Waals surface area contributed by atoms with Crippen LogP contribution in [0.25, 0.3) is 0 Å². The Morgan fingerprint density at radius 3 is 2.28 bits per heavy atom. The van der Waals surface area contributed by atoms with E-state index in [0.29, 0.717) is 27.9 Å². The smallest absolute Gasteiger partial charge is 0.412 e. The Balaban J connectivity index is 1.98. The van der Waals surface area contributed by atoms with E-state index in [1.165, 1.54) is 38.5 Å². The van der Waals surface area contributed by atoms with Gasteiger partial charge in [0.2, 0.25) is 0 Å². The molecule has 0 atom stereocenters. The Labute approximate surface area is 190 Å². The summed E-state index contributed by atoms with van der Waals surface area (Å²) in [6, 6.07) is 9.05. The van der Waals surface area contributed by atoms with Crippen molar-refractivity contribution in [3.8, 4) is 11.5 Å². The number of carbonyl (C=O) groups excluding carboxylic acids is 3. The monoisotopic (exact) mass is 464 g/mol. The molecule has 0 aromatic heterocycles. The highest BCUT2D eigenvalue weighted by Gasteiger charge is 2.18. The van der Waals surface area contributed by atoms with Gasteiger partial charge < -0.3 is 24.3 Å². The summed E-state index contributed by atoms with van der Waals surface area (Å²) in [5, 5.41) is 5.42. The Morgan fingerprint density at radius 1 is 0.969 bits per heavy atom. The molecule has 2 aromatic carbocycles. The number of hydrogen-bond donors (Lipinski definition) is 2. The predicted octanol–water partition coefficient (Wildman–Crippen LogP) is 4.50. The van der Waals surface area contributed by atoms with E-state index in [2.05, 4.69) is 10.6 Å². The molecular weight excluding hydrogens is 440 g/mol. The van der Waals surface area contributed by atoms with Crippen molar-refractivity contribution in [1.82, 2.24) is 0 Å². The lowest BCUT2D eigenvalue weighted by atomic mass is 10.2. The minimum atomic E-state index is -0.742. The third kappa shape index (κ3) is 7.35. The molecule has 0 bridgehead atoms.